The number of amides is 1. The summed E-state index contributed by atoms with van der Waals surface area (Å²) in [4.78, 5) is 24.9. The van der Waals surface area contributed by atoms with E-state index in [9.17, 15) is 18.0 Å². The second kappa shape index (κ2) is 6.71. The molecule has 0 radical (unpaired) electrons. The van der Waals surface area contributed by atoms with Crippen molar-refractivity contribution >= 4 is 23.1 Å². The molecule has 3 rings (SSSR count). The summed E-state index contributed by atoms with van der Waals surface area (Å²) in [6.45, 7) is 1.04. The van der Waals surface area contributed by atoms with E-state index in [1.807, 2.05) is 0 Å². The van der Waals surface area contributed by atoms with Gasteiger partial charge in [0.25, 0.3) is 5.91 Å². The number of hydrogen-bond acceptors (Lipinski definition) is 6. The van der Waals surface area contributed by atoms with Crippen LogP contribution in [-0.2, 0) is 6.18 Å². The Kier molecular flexibility index (Phi) is 4.65. The maximum atomic E-state index is 12.7. The number of thiazole rings is 1. The summed E-state index contributed by atoms with van der Waals surface area (Å²) in [6, 6.07) is 0.854. The van der Waals surface area contributed by atoms with E-state index in [-0.39, 0.29) is 17.8 Å². The predicted molar refractivity (Wildman–Crippen MR) is 81.7 cm³/mol. The van der Waals surface area contributed by atoms with E-state index < -0.39 is 11.9 Å². The number of hydrogen-bond donors (Lipinski definition) is 1. The Labute approximate surface area is 139 Å². The van der Waals surface area contributed by atoms with Gasteiger partial charge < -0.3 is 10.2 Å². The Hall–Kier alpha value is -2.23. The quantitative estimate of drug-likeness (QED) is 0.914. The van der Waals surface area contributed by atoms with Crippen LogP contribution in [0, 0.1) is 0 Å². The van der Waals surface area contributed by atoms with E-state index in [0.29, 0.717) is 31.6 Å². The standard InChI is InChI=1S/C14H14F3N5OS/c15-14(16,17)11-5-12(19-7-18-11)21-9-1-3-22(4-2-9)13(23)10-6-24-8-20-10/h5-9H,1-4H2,(H,18,19,21). The van der Waals surface area contributed by atoms with Crippen LogP contribution < -0.4 is 5.32 Å². The van der Waals surface area contributed by atoms with Crippen molar-refractivity contribution in [2.24, 2.45) is 0 Å². The van der Waals surface area contributed by atoms with Crippen LogP contribution in [0.1, 0.15) is 29.0 Å². The van der Waals surface area contributed by atoms with Crippen LogP contribution in [0.25, 0.3) is 0 Å². The molecule has 0 saturated carbocycles. The summed E-state index contributed by atoms with van der Waals surface area (Å²) in [7, 11) is 0. The largest absolute Gasteiger partial charge is 0.433 e. The Morgan fingerprint density at radius 3 is 2.62 bits per heavy atom. The van der Waals surface area contributed by atoms with Gasteiger partial charge in [-0.2, -0.15) is 13.2 Å². The van der Waals surface area contributed by atoms with Crippen molar-refractivity contribution < 1.29 is 18.0 Å². The normalized spacial score (nSPS) is 16.2. The van der Waals surface area contributed by atoms with Crippen LogP contribution >= 0.6 is 11.3 Å². The molecule has 0 bridgehead atoms. The maximum Gasteiger partial charge on any atom is 0.433 e. The SMILES string of the molecule is O=C(c1cscn1)N1CCC(Nc2cc(C(F)(F)F)ncn2)CC1. The summed E-state index contributed by atoms with van der Waals surface area (Å²) in [5.41, 5.74) is 1.06. The first-order chi connectivity index (χ1) is 11.4. The predicted octanol–water partition coefficient (Wildman–Crippen LogP) is 2.67. The fraction of sp³-hybridized carbons (Fsp3) is 0.429. The first-order valence-electron chi connectivity index (χ1n) is 7.27. The first kappa shape index (κ1) is 16.6. The zero-order valence-corrected chi connectivity index (χ0v) is 13.3. The number of piperidine rings is 1. The lowest BCUT2D eigenvalue weighted by Crippen LogP contribution is -2.42. The summed E-state index contributed by atoms with van der Waals surface area (Å²) >= 11 is 1.36. The molecule has 128 valence electrons. The molecule has 0 aliphatic carbocycles. The van der Waals surface area contributed by atoms with Gasteiger partial charge in [-0.05, 0) is 12.8 Å². The van der Waals surface area contributed by atoms with E-state index >= 15 is 0 Å². The molecule has 0 aromatic carbocycles. The molecule has 2 aromatic rings. The van der Waals surface area contributed by atoms with Gasteiger partial charge in [0, 0.05) is 30.6 Å². The number of carbonyl (C=O) groups is 1. The molecule has 0 spiro atoms. The fourth-order valence-corrected chi connectivity index (χ4v) is 3.03. The van der Waals surface area contributed by atoms with Crippen LogP contribution in [0.2, 0.25) is 0 Å². The molecule has 1 aliphatic heterocycles. The second-order valence-electron chi connectivity index (χ2n) is 5.37. The van der Waals surface area contributed by atoms with Crippen molar-refractivity contribution in [3.63, 3.8) is 0 Å². The van der Waals surface area contributed by atoms with E-state index in [1.54, 1.807) is 15.8 Å². The molecule has 0 atom stereocenters. The lowest BCUT2D eigenvalue weighted by atomic mass is 10.0. The number of halogens is 3. The van der Waals surface area contributed by atoms with Gasteiger partial charge in [0.2, 0.25) is 0 Å². The molecule has 1 N–H and O–H groups in total. The van der Waals surface area contributed by atoms with Gasteiger partial charge in [-0.3, -0.25) is 4.79 Å². The third-order valence-corrected chi connectivity index (χ3v) is 4.33. The highest BCUT2D eigenvalue weighted by Crippen LogP contribution is 2.28. The second-order valence-corrected chi connectivity index (χ2v) is 6.09. The Bertz CT molecular complexity index is 699. The minimum absolute atomic E-state index is 0.0412. The number of nitrogens with one attached hydrogen (secondary N) is 1. The number of rotatable bonds is 3. The minimum Gasteiger partial charge on any atom is -0.367 e. The van der Waals surface area contributed by atoms with Gasteiger partial charge in [-0.25, -0.2) is 15.0 Å². The van der Waals surface area contributed by atoms with Gasteiger partial charge >= 0.3 is 6.18 Å². The van der Waals surface area contributed by atoms with E-state index in [4.69, 9.17) is 0 Å². The van der Waals surface area contributed by atoms with Gasteiger partial charge in [0.05, 0.1) is 5.51 Å². The molecular weight excluding hydrogens is 343 g/mol. The molecule has 1 amide bonds. The molecule has 1 fully saturated rings. The molecule has 3 heterocycles. The average Bonchev–Trinajstić information content (AvgIpc) is 3.09. The highest BCUT2D eigenvalue weighted by Gasteiger charge is 2.33. The Morgan fingerprint density at radius 1 is 1.25 bits per heavy atom. The van der Waals surface area contributed by atoms with Crippen molar-refractivity contribution in [2.45, 2.75) is 25.1 Å². The van der Waals surface area contributed by atoms with E-state index in [2.05, 4.69) is 20.3 Å². The fourth-order valence-electron chi connectivity index (χ4n) is 2.51. The van der Waals surface area contributed by atoms with Crippen molar-refractivity contribution in [1.82, 2.24) is 19.9 Å². The zero-order valence-electron chi connectivity index (χ0n) is 12.5. The van der Waals surface area contributed by atoms with Gasteiger partial charge in [0.1, 0.15) is 23.5 Å². The van der Waals surface area contributed by atoms with Crippen LogP contribution in [0.5, 0.6) is 0 Å². The summed E-state index contributed by atoms with van der Waals surface area (Å²) in [5, 5.41) is 4.69. The first-order valence-corrected chi connectivity index (χ1v) is 8.21. The molecule has 2 aromatic heterocycles. The van der Waals surface area contributed by atoms with Crippen LogP contribution in [-0.4, -0.2) is 44.9 Å². The summed E-state index contributed by atoms with van der Waals surface area (Å²) < 4.78 is 38.0. The molecule has 24 heavy (non-hydrogen) atoms. The highest BCUT2D eigenvalue weighted by atomic mass is 32.1. The summed E-state index contributed by atoms with van der Waals surface area (Å²) in [5.74, 6) is 0.0256. The van der Waals surface area contributed by atoms with Gasteiger partial charge in [0.15, 0.2) is 0 Å². The van der Waals surface area contributed by atoms with E-state index in [1.165, 1.54) is 11.3 Å². The highest BCUT2D eigenvalue weighted by molar-refractivity contribution is 7.07. The molecular formula is C14H14F3N5OS. The molecule has 10 heteroatoms. The molecule has 1 aliphatic rings. The zero-order chi connectivity index (χ0) is 17.2. The van der Waals surface area contributed by atoms with Crippen LogP contribution in [0.4, 0.5) is 19.0 Å². The molecule has 0 unspecified atom stereocenters. The Morgan fingerprint density at radius 2 is 2.00 bits per heavy atom. The molecule has 1 saturated heterocycles. The third kappa shape index (κ3) is 3.81. The van der Waals surface area contributed by atoms with Crippen molar-refractivity contribution in [3.8, 4) is 0 Å². The third-order valence-electron chi connectivity index (χ3n) is 3.74. The van der Waals surface area contributed by atoms with Crippen molar-refractivity contribution in [3.05, 3.63) is 34.7 Å². The summed E-state index contributed by atoms with van der Waals surface area (Å²) in [6.07, 6.45) is -2.35. The van der Waals surface area contributed by atoms with Crippen LogP contribution in [0.3, 0.4) is 0 Å². The smallest absolute Gasteiger partial charge is 0.367 e. The van der Waals surface area contributed by atoms with Gasteiger partial charge in [-0.15, -0.1) is 11.3 Å². The van der Waals surface area contributed by atoms with Gasteiger partial charge in [-0.1, -0.05) is 0 Å². The van der Waals surface area contributed by atoms with E-state index in [0.717, 1.165) is 12.4 Å². The number of nitrogens with zero attached hydrogens (tertiary/aromatic N) is 4. The lowest BCUT2D eigenvalue weighted by molar-refractivity contribution is -0.141. The monoisotopic (exact) mass is 357 g/mol. The minimum atomic E-state index is -4.50. The topological polar surface area (TPSA) is 71.0 Å². The van der Waals surface area contributed by atoms with Crippen molar-refractivity contribution in [2.75, 3.05) is 18.4 Å². The maximum absolute atomic E-state index is 12.7. The lowest BCUT2D eigenvalue weighted by Gasteiger charge is -2.32. The Balaban J connectivity index is 1.57. The average molecular weight is 357 g/mol. The van der Waals surface area contributed by atoms with Crippen LogP contribution in [0.15, 0.2) is 23.3 Å². The number of alkyl halides is 3. The molecule has 6 nitrogen and oxygen atoms in total. The number of aromatic nitrogens is 3. The number of likely N-dealkylation sites (tertiary alicyclic amines) is 1. The van der Waals surface area contributed by atoms with Crippen molar-refractivity contribution in [1.29, 1.82) is 0 Å². The number of carbonyl (C=O) groups excluding carboxylic acids is 1. The number of anilines is 1.